The van der Waals surface area contributed by atoms with Gasteiger partial charge in [-0.15, -0.1) is 0 Å². The van der Waals surface area contributed by atoms with Crippen LogP contribution in [0.4, 0.5) is 10.1 Å². The molecule has 0 heterocycles. The highest BCUT2D eigenvalue weighted by molar-refractivity contribution is 5.49. The lowest BCUT2D eigenvalue weighted by Gasteiger charge is -2.37. The SMILES string of the molecule is CC(C)NCc1ccc(N(C)C(C)C(C)(C)C)c(F)c1. The highest BCUT2D eigenvalue weighted by Gasteiger charge is 2.25. The molecule has 20 heavy (non-hydrogen) atoms. The zero-order chi connectivity index (χ0) is 15.5. The summed E-state index contributed by atoms with van der Waals surface area (Å²) in [5, 5.41) is 3.30. The maximum Gasteiger partial charge on any atom is 0.146 e. The molecule has 2 nitrogen and oxygen atoms in total. The van der Waals surface area contributed by atoms with Gasteiger partial charge in [0.05, 0.1) is 5.69 Å². The van der Waals surface area contributed by atoms with E-state index >= 15 is 0 Å². The lowest BCUT2D eigenvalue weighted by Crippen LogP contribution is -2.39. The lowest BCUT2D eigenvalue weighted by molar-refractivity contribution is 0.328. The monoisotopic (exact) mass is 280 g/mol. The minimum absolute atomic E-state index is 0.110. The smallest absolute Gasteiger partial charge is 0.146 e. The van der Waals surface area contributed by atoms with Crippen molar-refractivity contribution in [3.63, 3.8) is 0 Å². The molecule has 1 atom stereocenters. The molecule has 1 N–H and O–H groups in total. The summed E-state index contributed by atoms with van der Waals surface area (Å²) in [4.78, 5) is 2.02. The number of halogens is 1. The van der Waals surface area contributed by atoms with Gasteiger partial charge in [-0.3, -0.25) is 0 Å². The second-order valence-electron chi connectivity index (χ2n) is 6.97. The van der Waals surface area contributed by atoms with Crippen molar-refractivity contribution >= 4 is 5.69 Å². The predicted octanol–water partition coefficient (Wildman–Crippen LogP) is 4.19. The van der Waals surface area contributed by atoms with Crippen LogP contribution in [0.1, 0.15) is 47.1 Å². The van der Waals surface area contributed by atoms with Crippen molar-refractivity contribution in [1.29, 1.82) is 0 Å². The summed E-state index contributed by atoms with van der Waals surface area (Å²) in [7, 11) is 1.96. The molecule has 1 aromatic carbocycles. The molecule has 0 spiro atoms. The molecular formula is C17H29FN2. The number of hydrogen-bond acceptors (Lipinski definition) is 2. The first-order chi connectivity index (χ1) is 9.12. The van der Waals surface area contributed by atoms with Crippen molar-refractivity contribution in [3.8, 4) is 0 Å². The molecule has 0 saturated carbocycles. The fourth-order valence-electron chi connectivity index (χ4n) is 2.06. The van der Waals surface area contributed by atoms with Gasteiger partial charge in [0.15, 0.2) is 0 Å². The van der Waals surface area contributed by atoms with Crippen molar-refractivity contribution in [2.45, 2.75) is 60.2 Å². The Bertz CT molecular complexity index is 435. The summed E-state index contributed by atoms with van der Waals surface area (Å²) in [6, 6.07) is 6.18. The Kier molecular flexibility index (Phi) is 5.58. The highest BCUT2D eigenvalue weighted by Crippen LogP contribution is 2.29. The van der Waals surface area contributed by atoms with E-state index in [1.54, 1.807) is 6.07 Å². The largest absolute Gasteiger partial charge is 0.369 e. The van der Waals surface area contributed by atoms with Gasteiger partial charge >= 0.3 is 0 Å². The summed E-state index contributed by atoms with van der Waals surface area (Å²) in [6.45, 7) is 13.5. The van der Waals surface area contributed by atoms with E-state index in [1.807, 2.05) is 24.1 Å². The Morgan fingerprint density at radius 1 is 1.20 bits per heavy atom. The molecule has 0 saturated heterocycles. The third-order valence-corrected chi connectivity index (χ3v) is 3.94. The molecule has 1 aromatic rings. The van der Waals surface area contributed by atoms with Gasteiger partial charge < -0.3 is 10.2 Å². The van der Waals surface area contributed by atoms with E-state index in [4.69, 9.17) is 0 Å². The minimum Gasteiger partial charge on any atom is -0.369 e. The summed E-state index contributed by atoms with van der Waals surface area (Å²) in [5.74, 6) is -0.147. The zero-order valence-electron chi connectivity index (χ0n) is 13.9. The van der Waals surface area contributed by atoms with Crippen LogP contribution in [0.25, 0.3) is 0 Å². The van der Waals surface area contributed by atoms with Crippen LogP contribution in [0.3, 0.4) is 0 Å². The molecule has 0 fully saturated rings. The maximum absolute atomic E-state index is 14.3. The first kappa shape index (κ1) is 17.0. The van der Waals surface area contributed by atoms with E-state index < -0.39 is 0 Å². The summed E-state index contributed by atoms with van der Waals surface area (Å²) < 4.78 is 14.3. The van der Waals surface area contributed by atoms with Crippen LogP contribution < -0.4 is 10.2 Å². The van der Waals surface area contributed by atoms with Crippen LogP contribution in [-0.2, 0) is 6.54 Å². The van der Waals surface area contributed by atoms with E-state index in [-0.39, 0.29) is 17.3 Å². The molecular weight excluding hydrogens is 251 g/mol. The Morgan fingerprint density at radius 2 is 1.80 bits per heavy atom. The Labute approximate surface area is 123 Å². The van der Waals surface area contributed by atoms with Crippen molar-refractivity contribution in [2.75, 3.05) is 11.9 Å². The van der Waals surface area contributed by atoms with E-state index in [1.165, 1.54) is 0 Å². The van der Waals surface area contributed by atoms with Crippen molar-refractivity contribution in [2.24, 2.45) is 5.41 Å². The van der Waals surface area contributed by atoms with Crippen LogP contribution in [0, 0.1) is 11.2 Å². The van der Waals surface area contributed by atoms with Crippen molar-refractivity contribution in [1.82, 2.24) is 5.32 Å². The third-order valence-electron chi connectivity index (χ3n) is 3.94. The number of anilines is 1. The first-order valence-corrected chi connectivity index (χ1v) is 7.37. The molecule has 1 unspecified atom stereocenters. The zero-order valence-corrected chi connectivity index (χ0v) is 13.9. The topological polar surface area (TPSA) is 15.3 Å². The van der Waals surface area contributed by atoms with Crippen LogP contribution in [0.5, 0.6) is 0 Å². The van der Waals surface area contributed by atoms with Crippen LogP contribution in [-0.4, -0.2) is 19.1 Å². The number of nitrogens with zero attached hydrogens (tertiary/aromatic N) is 1. The third kappa shape index (κ3) is 4.48. The molecule has 0 aliphatic carbocycles. The number of rotatable bonds is 5. The average molecular weight is 280 g/mol. The van der Waals surface area contributed by atoms with Gasteiger partial charge in [0, 0.05) is 25.7 Å². The Hall–Kier alpha value is -1.09. The summed E-state index contributed by atoms with van der Waals surface area (Å²) in [5.41, 5.74) is 1.76. The average Bonchev–Trinajstić information content (AvgIpc) is 2.33. The molecule has 114 valence electrons. The van der Waals surface area contributed by atoms with Gasteiger partial charge in [0.2, 0.25) is 0 Å². The fourth-order valence-corrected chi connectivity index (χ4v) is 2.06. The van der Waals surface area contributed by atoms with Gasteiger partial charge in [-0.05, 0) is 30.0 Å². The quantitative estimate of drug-likeness (QED) is 0.870. The van der Waals surface area contributed by atoms with Crippen LogP contribution in [0.15, 0.2) is 18.2 Å². The van der Waals surface area contributed by atoms with Crippen LogP contribution in [0.2, 0.25) is 0 Å². The lowest BCUT2D eigenvalue weighted by atomic mass is 9.87. The summed E-state index contributed by atoms with van der Waals surface area (Å²) >= 11 is 0. The fraction of sp³-hybridized carbons (Fsp3) is 0.647. The molecule has 0 aromatic heterocycles. The molecule has 0 bridgehead atoms. The van der Waals surface area contributed by atoms with E-state index in [0.717, 1.165) is 5.56 Å². The predicted molar refractivity (Wildman–Crippen MR) is 85.7 cm³/mol. The first-order valence-electron chi connectivity index (χ1n) is 7.37. The van der Waals surface area contributed by atoms with E-state index in [9.17, 15) is 4.39 Å². The standard InChI is InChI=1S/C17H29FN2/c1-12(2)19-11-14-8-9-16(15(18)10-14)20(7)13(3)17(4,5)6/h8-10,12-13,19H,11H2,1-7H3. The molecule has 3 heteroatoms. The van der Waals surface area contributed by atoms with Gasteiger partial charge in [-0.1, -0.05) is 40.7 Å². The molecule has 0 aliphatic rings. The Morgan fingerprint density at radius 3 is 2.25 bits per heavy atom. The van der Waals surface area contributed by atoms with Crippen molar-refractivity contribution in [3.05, 3.63) is 29.6 Å². The highest BCUT2D eigenvalue weighted by atomic mass is 19.1. The Balaban J connectivity index is 2.87. The van der Waals surface area contributed by atoms with Crippen molar-refractivity contribution < 1.29 is 4.39 Å². The molecule has 0 amide bonds. The van der Waals surface area contributed by atoms with E-state index in [2.05, 4.69) is 46.9 Å². The number of hydrogen-bond donors (Lipinski definition) is 1. The van der Waals surface area contributed by atoms with Gasteiger partial charge in [0.1, 0.15) is 5.82 Å². The van der Waals surface area contributed by atoms with Gasteiger partial charge in [0.25, 0.3) is 0 Å². The normalized spacial score (nSPS) is 13.7. The number of nitrogens with one attached hydrogen (secondary N) is 1. The molecule has 0 radical (unpaired) electrons. The second kappa shape index (κ2) is 6.57. The van der Waals surface area contributed by atoms with Gasteiger partial charge in [-0.2, -0.15) is 0 Å². The van der Waals surface area contributed by atoms with Crippen LogP contribution >= 0.6 is 0 Å². The van der Waals surface area contributed by atoms with Gasteiger partial charge in [-0.25, -0.2) is 4.39 Å². The van der Waals surface area contributed by atoms with E-state index in [0.29, 0.717) is 18.3 Å². The molecule has 0 aliphatic heterocycles. The second-order valence-corrected chi connectivity index (χ2v) is 6.97. The molecule has 1 rings (SSSR count). The summed E-state index contributed by atoms with van der Waals surface area (Å²) in [6.07, 6.45) is 0. The maximum atomic E-state index is 14.3. The number of benzene rings is 1. The minimum atomic E-state index is -0.147.